The van der Waals surface area contributed by atoms with E-state index in [9.17, 15) is 0 Å². The predicted molar refractivity (Wildman–Crippen MR) is 51.8 cm³/mol. The Hall–Kier alpha value is -0.720. The Morgan fingerprint density at radius 2 is 2.33 bits per heavy atom. The first-order valence-electron chi connectivity index (χ1n) is 4.61. The Labute approximate surface area is 75.1 Å². The van der Waals surface area contributed by atoms with Crippen LogP contribution in [0.2, 0.25) is 0 Å². The van der Waals surface area contributed by atoms with Crippen LogP contribution in [0.25, 0.3) is 0 Å². The summed E-state index contributed by atoms with van der Waals surface area (Å²) < 4.78 is 4.92. The van der Waals surface area contributed by atoms with Gasteiger partial charge < -0.3 is 4.74 Å². The molecular weight excluding hydrogens is 148 g/mol. The van der Waals surface area contributed by atoms with Gasteiger partial charge in [0.25, 0.3) is 0 Å². The molecule has 0 spiro atoms. The number of allylic oxidation sites excluding steroid dienone is 3. The lowest BCUT2D eigenvalue weighted by atomic mass is 9.82. The number of hydrogen-bond acceptors (Lipinski definition) is 1. The van der Waals surface area contributed by atoms with Crippen LogP contribution in [0, 0.1) is 11.8 Å². The van der Waals surface area contributed by atoms with Crippen LogP contribution in [0.15, 0.2) is 24.0 Å². The third-order valence-electron chi connectivity index (χ3n) is 2.56. The molecule has 0 radical (unpaired) electrons. The lowest BCUT2D eigenvalue weighted by molar-refractivity contribution is 0.327. The van der Waals surface area contributed by atoms with Gasteiger partial charge in [0.05, 0.1) is 13.4 Å². The van der Waals surface area contributed by atoms with E-state index in [1.165, 1.54) is 18.4 Å². The molecule has 68 valence electrons. The molecule has 0 amide bonds. The fourth-order valence-electron chi connectivity index (χ4n) is 1.76. The SMILES string of the molecule is CO/C=C\[C@H]1CCC(C)=C[C@H]1C. The Kier molecular flexibility index (Phi) is 3.39. The second kappa shape index (κ2) is 4.34. The van der Waals surface area contributed by atoms with Gasteiger partial charge in [-0.15, -0.1) is 0 Å². The third kappa shape index (κ3) is 2.40. The molecule has 0 bridgehead atoms. The average Bonchev–Trinajstić information content (AvgIpc) is 2.03. The minimum Gasteiger partial charge on any atom is -0.505 e. The molecule has 1 aliphatic carbocycles. The van der Waals surface area contributed by atoms with Crippen molar-refractivity contribution in [1.29, 1.82) is 0 Å². The molecule has 0 N–H and O–H groups in total. The minimum absolute atomic E-state index is 0.671. The van der Waals surface area contributed by atoms with E-state index in [1.54, 1.807) is 13.4 Å². The molecule has 1 heteroatoms. The van der Waals surface area contributed by atoms with Gasteiger partial charge >= 0.3 is 0 Å². The fourth-order valence-corrected chi connectivity index (χ4v) is 1.76. The Balaban J connectivity index is 2.53. The highest BCUT2D eigenvalue weighted by atomic mass is 16.5. The van der Waals surface area contributed by atoms with Crippen LogP contribution in [0.1, 0.15) is 26.7 Å². The monoisotopic (exact) mass is 166 g/mol. The van der Waals surface area contributed by atoms with Gasteiger partial charge in [-0.25, -0.2) is 0 Å². The van der Waals surface area contributed by atoms with E-state index in [1.807, 2.05) is 0 Å². The predicted octanol–water partition coefficient (Wildman–Crippen LogP) is 3.14. The van der Waals surface area contributed by atoms with Gasteiger partial charge in [0.15, 0.2) is 0 Å². The molecule has 0 aliphatic heterocycles. The van der Waals surface area contributed by atoms with Gasteiger partial charge in [-0.05, 0) is 37.7 Å². The smallest absolute Gasteiger partial charge is 0.0787 e. The first-order chi connectivity index (χ1) is 5.74. The van der Waals surface area contributed by atoms with Crippen LogP contribution in [-0.2, 0) is 4.74 Å². The van der Waals surface area contributed by atoms with E-state index >= 15 is 0 Å². The zero-order valence-corrected chi connectivity index (χ0v) is 8.21. The maximum atomic E-state index is 4.92. The maximum absolute atomic E-state index is 4.92. The summed E-state index contributed by atoms with van der Waals surface area (Å²) in [6.07, 6.45) is 8.85. The molecule has 0 saturated carbocycles. The first-order valence-corrected chi connectivity index (χ1v) is 4.61. The van der Waals surface area contributed by atoms with Gasteiger partial charge in [0.1, 0.15) is 0 Å². The highest BCUT2D eigenvalue weighted by Crippen LogP contribution is 2.28. The largest absolute Gasteiger partial charge is 0.505 e. The molecule has 0 aromatic rings. The van der Waals surface area contributed by atoms with Crippen LogP contribution in [-0.4, -0.2) is 7.11 Å². The quantitative estimate of drug-likeness (QED) is 0.452. The van der Waals surface area contributed by atoms with Gasteiger partial charge in [0, 0.05) is 0 Å². The minimum atomic E-state index is 0.671. The molecule has 0 unspecified atom stereocenters. The number of hydrogen-bond donors (Lipinski definition) is 0. The van der Waals surface area contributed by atoms with Gasteiger partial charge in [-0.1, -0.05) is 18.6 Å². The Morgan fingerprint density at radius 3 is 2.92 bits per heavy atom. The van der Waals surface area contributed by atoms with Crippen LogP contribution in [0.3, 0.4) is 0 Å². The van der Waals surface area contributed by atoms with Gasteiger partial charge in [-0.3, -0.25) is 0 Å². The molecule has 1 rings (SSSR count). The fraction of sp³-hybridized carbons (Fsp3) is 0.636. The lowest BCUT2D eigenvalue weighted by Gasteiger charge is -2.23. The molecule has 0 heterocycles. The second-order valence-corrected chi connectivity index (χ2v) is 3.64. The molecule has 0 fully saturated rings. The van der Waals surface area contributed by atoms with E-state index in [4.69, 9.17) is 4.74 Å². The lowest BCUT2D eigenvalue weighted by Crippen LogP contribution is -2.12. The summed E-state index contributed by atoms with van der Waals surface area (Å²) in [6, 6.07) is 0. The number of ether oxygens (including phenoxy) is 1. The first kappa shape index (κ1) is 9.37. The van der Waals surface area contributed by atoms with Crippen LogP contribution in [0.4, 0.5) is 0 Å². The topological polar surface area (TPSA) is 9.23 Å². The van der Waals surface area contributed by atoms with E-state index in [2.05, 4.69) is 26.0 Å². The summed E-state index contributed by atoms with van der Waals surface area (Å²) in [5.74, 6) is 1.35. The van der Waals surface area contributed by atoms with Crippen LogP contribution >= 0.6 is 0 Å². The Morgan fingerprint density at radius 1 is 1.58 bits per heavy atom. The average molecular weight is 166 g/mol. The summed E-state index contributed by atoms with van der Waals surface area (Å²) in [4.78, 5) is 0. The van der Waals surface area contributed by atoms with Crippen molar-refractivity contribution >= 4 is 0 Å². The van der Waals surface area contributed by atoms with Crippen LogP contribution < -0.4 is 0 Å². The van der Waals surface area contributed by atoms with Gasteiger partial charge in [-0.2, -0.15) is 0 Å². The molecule has 2 atom stereocenters. The van der Waals surface area contributed by atoms with Crippen molar-refractivity contribution < 1.29 is 4.74 Å². The third-order valence-corrected chi connectivity index (χ3v) is 2.56. The molecule has 0 aromatic carbocycles. The second-order valence-electron chi connectivity index (χ2n) is 3.64. The van der Waals surface area contributed by atoms with E-state index in [-0.39, 0.29) is 0 Å². The van der Waals surface area contributed by atoms with E-state index in [0.717, 1.165) is 0 Å². The molecule has 1 aliphatic rings. The molecule has 12 heavy (non-hydrogen) atoms. The number of rotatable bonds is 2. The zero-order valence-electron chi connectivity index (χ0n) is 8.21. The van der Waals surface area contributed by atoms with Gasteiger partial charge in [0.2, 0.25) is 0 Å². The molecule has 1 nitrogen and oxygen atoms in total. The summed E-state index contributed by atoms with van der Waals surface area (Å²) in [6.45, 7) is 4.49. The van der Waals surface area contributed by atoms with E-state index < -0.39 is 0 Å². The summed E-state index contributed by atoms with van der Waals surface area (Å²) in [5.41, 5.74) is 1.53. The highest BCUT2D eigenvalue weighted by molar-refractivity contribution is 5.09. The van der Waals surface area contributed by atoms with E-state index in [0.29, 0.717) is 11.8 Å². The van der Waals surface area contributed by atoms with Crippen molar-refractivity contribution in [3.63, 3.8) is 0 Å². The van der Waals surface area contributed by atoms with Crippen molar-refractivity contribution in [2.45, 2.75) is 26.7 Å². The maximum Gasteiger partial charge on any atom is 0.0787 e. The molecule has 0 saturated heterocycles. The van der Waals surface area contributed by atoms with Crippen LogP contribution in [0.5, 0.6) is 0 Å². The number of methoxy groups -OCH3 is 1. The van der Waals surface area contributed by atoms with Crippen molar-refractivity contribution in [3.05, 3.63) is 24.0 Å². The van der Waals surface area contributed by atoms with Crippen molar-refractivity contribution in [3.8, 4) is 0 Å². The standard InChI is InChI=1S/C11H18O/c1-9-4-5-11(6-7-12-3)10(2)8-9/h6-8,10-11H,4-5H2,1-3H3/b7-6-/t10-,11-/m1/s1. The summed E-state index contributed by atoms with van der Waals surface area (Å²) in [7, 11) is 1.70. The van der Waals surface area contributed by atoms with Crippen molar-refractivity contribution in [2.75, 3.05) is 7.11 Å². The summed E-state index contributed by atoms with van der Waals surface area (Å²) in [5, 5.41) is 0. The molecular formula is C11H18O. The molecule has 0 aromatic heterocycles. The highest BCUT2D eigenvalue weighted by Gasteiger charge is 2.16. The zero-order chi connectivity index (χ0) is 8.97. The van der Waals surface area contributed by atoms with Crippen molar-refractivity contribution in [1.82, 2.24) is 0 Å². The van der Waals surface area contributed by atoms with Crippen molar-refractivity contribution in [2.24, 2.45) is 11.8 Å². The summed E-state index contributed by atoms with van der Waals surface area (Å²) >= 11 is 0. The Bertz CT molecular complexity index is 191. The normalized spacial score (nSPS) is 30.4.